The summed E-state index contributed by atoms with van der Waals surface area (Å²) in [6, 6.07) is -0.410. The molecule has 5 heteroatoms. The van der Waals surface area contributed by atoms with Gasteiger partial charge in [-0.3, -0.25) is 4.79 Å². The Morgan fingerprint density at radius 2 is 1.81 bits per heavy atom. The molecule has 1 amide bonds. The number of nitrogens with two attached hydrogens (primary N) is 1. The second kappa shape index (κ2) is 9.38. The van der Waals surface area contributed by atoms with Crippen LogP contribution in [0.25, 0.3) is 0 Å². The molecule has 2 aliphatic rings. The van der Waals surface area contributed by atoms with Gasteiger partial charge in [0, 0.05) is 19.8 Å². The van der Waals surface area contributed by atoms with Crippen LogP contribution >= 0.6 is 0 Å². The highest BCUT2D eigenvalue weighted by Crippen LogP contribution is 2.19. The van der Waals surface area contributed by atoms with Gasteiger partial charge in [0.2, 0.25) is 5.91 Å². The Bertz CT molecular complexity index is 298. The largest absolute Gasteiger partial charge is 0.381 e. The average molecular weight is 298 g/mol. The Labute approximate surface area is 127 Å². The molecule has 122 valence electrons. The second-order valence-corrected chi connectivity index (χ2v) is 6.25. The number of hydrogen-bond donors (Lipinski definition) is 2. The quantitative estimate of drug-likeness (QED) is 0.577. The first-order valence-corrected chi connectivity index (χ1v) is 8.50. The van der Waals surface area contributed by atoms with Crippen LogP contribution in [0.5, 0.6) is 0 Å². The molecule has 1 aliphatic heterocycles. The molecule has 5 nitrogen and oxygen atoms in total. The van der Waals surface area contributed by atoms with Crippen molar-refractivity contribution in [3.63, 3.8) is 0 Å². The molecule has 1 aliphatic carbocycles. The van der Waals surface area contributed by atoms with Crippen LogP contribution < -0.4 is 11.1 Å². The Morgan fingerprint density at radius 3 is 2.48 bits per heavy atom. The van der Waals surface area contributed by atoms with Crippen molar-refractivity contribution in [2.45, 2.75) is 63.5 Å². The van der Waals surface area contributed by atoms with Crippen LogP contribution in [-0.2, 0) is 14.3 Å². The molecule has 2 fully saturated rings. The van der Waals surface area contributed by atoms with Gasteiger partial charge in [-0.2, -0.15) is 0 Å². The maximum atomic E-state index is 12.0. The van der Waals surface area contributed by atoms with E-state index in [0.29, 0.717) is 19.3 Å². The van der Waals surface area contributed by atoms with Crippen molar-refractivity contribution >= 4 is 5.91 Å². The van der Waals surface area contributed by atoms with Gasteiger partial charge < -0.3 is 20.5 Å². The van der Waals surface area contributed by atoms with Crippen LogP contribution in [0.15, 0.2) is 0 Å². The molecule has 0 aromatic heterocycles. The standard InChI is InChI=1S/C16H30N2O3/c17-15(13-7-10-20-11-8-13)16(19)18-9-12-21-14-5-3-1-2-4-6-14/h13-15H,1-12,17H2,(H,18,19). The fourth-order valence-corrected chi connectivity index (χ4v) is 3.22. The monoisotopic (exact) mass is 298 g/mol. The Kier molecular flexibility index (Phi) is 7.47. The molecule has 1 heterocycles. The molecule has 3 N–H and O–H groups in total. The Morgan fingerprint density at radius 1 is 1.14 bits per heavy atom. The van der Waals surface area contributed by atoms with Crippen molar-refractivity contribution in [3.05, 3.63) is 0 Å². The minimum Gasteiger partial charge on any atom is -0.381 e. The number of hydrogen-bond acceptors (Lipinski definition) is 4. The van der Waals surface area contributed by atoms with Crippen molar-refractivity contribution in [2.75, 3.05) is 26.4 Å². The van der Waals surface area contributed by atoms with Crippen LogP contribution in [0.2, 0.25) is 0 Å². The molecule has 0 spiro atoms. The lowest BCUT2D eigenvalue weighted by molar-refractivity contribution is -0.124. The summed E-state index contributed by atoms with van der Waals surface area (Å²) in [7, 11) is 0. The van der Waals surface area contributed by atoms with E-state index in [-0.39, 0.29) is 11.8 Å². The van der Waals surface area contributed by atoms with E-state index in [1.807, 2.05) is 0 Å². The fraction of sp³-hybridized carbons (Fsp3) is 0.938. The van der Waals surface area contributed by atoms with Crippen molar-refractivity contribution < 1.29 is 14.3 Å². The van der Waals surface area contributed by atoms with Crippen LogP contribution in [-0.4, -0.2) is 44.4 Å². The van der Waals surface area contributed by atoms with Crippen molar-refractivity contribution in [3.8, 4) is 0 Å². The van der Waals surface area contributed by atoms with Crippen molar-refractivity contribution in [2.24, 2.45) is 11.7 Å². The van der Waals surface area contributed by atoms with Crippen LogP contribution in [0.3, 0.4) is 0 Å². The molecule has 1 saturated carbocycles. The summed E-state index contributed by atoms with van der Waals surface area (Å²) in [5.74, 6) is 0.202. The lowest BCUT2D eigenvalue weighted by atomic mass is 9.92. The van der Waals surface area contributed by atoms with E-state index in [1.165, 1.54) is 25.7 Å². The Balaban J connectivity index is 1.57. The van der Waals surface area contributed by atoms with Gasteiger partial charge >= 0.3 is 0 Å². The molecular formula is C16H30N2O3. The summed E-state index contributed by atoms with van der Waals surface area (Å²) in [5, 5.41) is 2.91. The summed E-state index contributed by atoms with van der Waals surface area (Å²) in [4.78, 5) is 12.0. The van der Waals surface area contributed by atoms with E-state index in [2.05, 4.69) is 5.32 Å². The number of nitrogens with one attached hydrogen (secondary N) is 1. The number of amides is 1. The molecule has 2 rings (SSSR count). The van der Waals surface area contributed by atoms with E-state index < -0.39 is 6.04 Å². The first-order chi connectivity index (χ1) is 10.3. The van der Waals surface area contributed by atoms with E-state index in [1.54, 1.807) is 0 Å². The van der Waals surface area contributed by atoms with Crippen molar-refractivity contribution in [1.82, 2.24) is 5.32 Å². The minimum absolute atomic E-state index is 0.0497. The third-order valence-corrected chi connectivity index (χ3v) is 4.63. The highest BCUT2D eigenvalue weighted by atomic mass is 16.5. The van der Waals surface area contributed by atoms with Gasteiger partial charge in [-0.25, -0.2) is 0 Å². The fourth-order valence-electron chi connectivity index (χ4n) is 3.22. The summed E-state index contributed by atoms with van der Waals surface area (Å²) < 4.78 is 11.2. The summed E-state index contributed by atoms with van der Waals surface area (Å²) in [5.41, 5.74) is 6.03. The highest BCUT2D eigenvalue weighted by molar-refractivity contribution is 5.81. The van der Waals surface area contributed by atoms with Gasteiger partial charge in [0.05, 0.1) is 18.8 Å². The highest BCUT2D eigenvalue weighted by Gasteiger charge is 2.26. The number of carbonyl (C=O) groups is 1. The molecule has 0 radical (unpaired) electrons. The predicted octanol–water partition coefficient (Wildman–Crippen LogP) is 1.60. The molecule has 0 bridgehead atoms. The van der Waals surface area contributed by atoms with Gasteiger partial charge in [-0.15, -0.1) is 0 Å². The second-order valence-electron chi connectivity index (χ2n) is 6.25. The maximum absolute atomic E-state index is 12.0. The molecule has 0 aromatic carbocycles. The third-order valence-electron chi connectivity index (χ3n) is 4.63. The van der Waals surface area contributed by atoms with Gasteiger partial charge in [0.15, 0.2) is 0 Å². The molecule has 0 aromatic rings. The molecule has 1 atom stereocenters. The maximum Gasteiger partial charge on any atom is 0.237 e. The van der Waals surface area contributed by atoms with Crippen molar-refractivity contribution in [1.29, 1.82) is 0 Å². The zero-order valence-electron chi connectivity index (χ0n) is 13.0. The first-order valence-electron chi connectivity index (χ1n) is 8.50. The van der Waals surface area contributed by atoms with Gasteiger partial charge in [-0.1, -0.05) is 25.7 Å². The SMILES string of the molecule is NC(C(=O)NCCOC1CCCCCC1)C1CCOCC1. The molecular weight excluding hydrogens is 268 g/mol. The number of rotatable bonds is 6. The molecule has 1 saturated heterocycles. The number of ether oxygens (including phenoxy) is 2. The van der Waals surface area contributed by atoms with E-state index >= 15 is 0 Å². The van der Waals surface area contributed by atoms with E-state index in [0.717, 1.165) is 38.9 Å². The zero-order valence-corrected chi connectivity index (χ0v) is 13.0. The summed E-state index contributed by atoms with van der Waals surface area (Å²) in [6.07, 6.45) is 9.67. The van der Waals surface area contributed by atoms with E-state index in [9.17, 15) is 4.79 Å². The zero-order chi connectivity index (χ0) is 14.9. The minimum atomic E-state index is -0.410. The number of carbonyl (C=O) groups excluding carboxylic acids is 1. The van der Waals surface area contributed by atoms with Crippen LogP contribution in [0.4, 0.5) is 0 Å². The smallest absolute Gasteiger partial charge is 0.237 e. The topological polar surface area (TPSA) is 73.6 Å². The van der Waals surface area contributed by atoms with Crippen LogP contribution in [0.1, 0.15) is 51.4 Å². The van der Waals surface area contributed by atoms with Gasteiger partial charge in [-0.05, 0) is 31.6 Å². The lowest BCUT2D eigenvalue weighted by Gasteiger charge is -2.26. The van der Waals surface area contributed by atoms with Gasteiger partial charge in [0.1, 0.15) is 0 Å². The summed E-state index contributed by atoms with van der Waals surface area (Å²) in [6.45, 7) is 2.59. The van der Waals surface area contributed by atoms with Gasteiger partial charge in [0.25, 0.3) is 0 Å². The Hall–Kier alpha value is -0.650. The first kappa shape index (κ1) is 16.7. The normalized spacial score (nSPS) is 23.5. The van der Waals surface area contributed by atoms with E-state index in [4.69, 9.17) is 15.2 Å². The van der Waals surface area contributed by atoms with Crippen LogP contribution in [0, 0.1) is 5.92 Å². The predicted molar refractivity (Wildman–Crippen MR) is 82.0 cm³/mol. The lowest BCUT2D eigenvalue weighted by Crippen LogP contribution is -2.47. The average Bonchev–Trinajstić information content (AvgIpc) is 2.80. The molecule has 1 unspecified atom stereocenters. The third kappa shape index (κ3) is 5.93. The molecule has 21 heavy (non-hydrogen) atoms. The summed E-state index contributed by atoms with van der Waals surface area (Å²) >= 11 is 0.